The molecule has 1 aromatic heterocycles. The molecule has 0 unspecified atom stereocenters. The molecule has 9 heteroatoms. The Morgan fingerprint density at radius 1 is 1.45 bits per heavy atom. The molecule has 0 saturated carbocycles. The lowest BCUT2D eigenvalue weighted by Crippen LogP contribution is -2.17. The van der Waals surface area contributed by atoms with E-state index in [2.05, 4.69) is 20.1 Å². The van der Waals surface area contributed by atoms with E-state index >= 15 is 0 Å². The van der Waals surface area contributed by atoms with Crippen molar-refractivity contribution in [2.75, 3.05) is 0 Å². The number of rotatable bonds is 4. The highest BCUT2D eigenvalue weighted by Gasteiger charge is 2.11. The first kappa shape index (κ1) is 13.7. The maximum atomic E-state index is 11.7. The van der Waals surface area contributed by atoms with E-state index in [1.807, 2.05) is 0 Å². The van der Waals surface area contributed by atoms with Gasteiger partial charge >= 0.3 is 0 Å². The highest BCUT2D eigenvalue weighted by molar-refractivity contribution is 7.07. The molecule has 0 aliphatic carbocycles. The molecular weight excluding hydrogens is 282 g/mol. The smallest absolute Gasteiger partial charge is 0.266 e. The van der Waals surface area contributed by atoms with E-state index < -0.39 is 10.8 Å². The van der Waals surface area contributed by atoms with Crippen LogP contribution in [-0.2, 0) is 0 Å². The fourth-order valence-corrected chi connectivity index (χ4v) is 1.88. The van der Waals surface area contributed by atoms with Gasteiger partial charge in [0.05, 0.1) is 16.8 Å². The number of carbonyl (C=O) groups excluding carboxylic acids is 1. The number of hydrogen-bond donors (Lipinski definition) is 1. The summed E-state index contributed by atoms with van der Waals surface area (Å²) in [5.74, 6) is -0.393. The number of nitrogens with one attached hydrogen (secondary N) is 1. The lowest BCUT2D eigenvalue weighted by atomic mass is 10.2. The molecule has 1 N–H and O–H groups in total. The molecule has 102 valence electrons. The Morgan fingerprint density at radius 3 is 2.70 bits per heavy atom. The summed E-state index contributed by atoms with van der Waals surface area (Å²) in [6.07, 6.45) is 1.39. The van der Waals surface area contributed by atoms with Crippen molar-refractivity contribution in [3.63, 3.8) is 0 Å². The van der Waals surface area contributed by atoms with Crippen LogP contribution in [0.15, 0.2) is 29.4 Å². The molecule has 0 aliphatic rings. The first-order valence-electron chi connectivity index (χ1n) is 5.45. The van der Waals surface area contributed by atoms with Crippen molar-refractivity contribution < 1.29 is 9.72 Å². The predicted molar refractivity (Wildman–Crippen MR) is 72.8 cm³/mol. The van der Waals surface area contributed by atoms with Gasteiger partial charge in [0.25, 0.3) is 11.6 Å². The lowest BCUT2D eigenvalue weighted by molar-refractivity contribution is -0.384. The Labute approximate surface area is 117 Å². The average molecular weight is 291 g/mol. The fourth-order valence-electron chi connectivity index (χ4n) is 1.34. The summed E-state index contributed by atoms with van der Waals surface area (Å²) >= 11 is 0.987. The van der Waals surface area contributed by atoms with Crippen LogP contribution in [0.5, 0.6) is 0 Å². The molecule has 0 saturated heterocycles. The van der Waals surface area contributed by atoms with E-state index in [4.69, 9.17) is 0 Å². The van der Waals surface area contributed by atoms with Crippen LogP contribution in [0.1, 0.15) is 20.9 Å². The molecule has 0 radical (unpaired) electrons. The molecule has 20 heavy (non-hydrogen) atoms. The number of nitrogens with zero attached hydrogens (tertiary/aromatic N) is 4. The zero-order valence-electron chi connectivity index (χ0n) is 10.3. The number of non-ortho nitro benzene ring substituents is 1. The number of aromatic nitrogens is 2. The van der Waals surface area contributed by atoms with Crippen LogP contribution in [0, 0.1) is 17.0 Å². The predicted octanol–water partition coefficient (Wildman–Crippen LogP) is 1.52. The third-order valence-corrected chi connectivity index (χ3v) is 3.17. The first-order chi connectivity index (χ1) is 9.58. The molecule has 1 amide bonds. The monoisotopic (exact) mass is 291 g/mol. The number of amides is 1. The van der Waals surface area contributed by atoms with Crippen LogP contribution in [-0.4, -0.2) is 26.6 Å². The van der Waals surface area contributed by atoms with Crippen molar-refractivity contribution in [2.45, 2.75) is 6.92 Å². The Bertz CT molecular complexity index is 665. The van der Waals surface area contributed by atoms with Crippen LogP contribution in [0.2, 0.25) is 0 Å². The quantitative estimate of drug-likeness (QED) is 0.521. The maximum Gasteiger partial charge on any atom is 0.285 e. The molecule has 8 nitrogen and oxygen atoms in total. The van der Waals surface area contributed by atoms with Gasteiger partial charge in [-0.1, -0.05) is 4.49 Å². The summed E-state index contributed by atoms with van der Waals surface area (Å²) in [6.45, 7) is 1.68. The van der Waals surface area contributed by atoms with Gasteiger partial charge in [0.1, 0.15) is 4.88 Å². The molecule has 0 aliphatic heterocycles. The van der Waals surface area contributed by atoms with Gasteiger partial charge in [-0.3, -0.25) is 14.9 Å². The average Bonchev–Trinajstić information content (AvgIpc) is 2.85. The number of nitro groups is 1. The topological polar surface area (TPSA) is 110 Å². The van der Waals surface area contributed by atoms with Gasteiger partial charge in [-0.25, -0.2) is 5.43 Å². The zero-order chi connectivity index (χ0) is 14.5. The highest BCUT2D eigenvalue weighted by Crippen LogP contribution is 2.11. The minimum absolute atomic E-state index is 0.00227. The molecule has 0 bridgehead atoms. The Hall–Kier alpha value is -2.68. The van der Waals surface area contributed by atoms with Crippen LogP contribution in [0.3, 0.4) is 0 Å². The van der Waals surface area contributed by atoms with Crippen molar-refractivity contribution in [2.24, 2.45) is 5.10 Å². The van der Waals surface area contributed by atoms with E-state index in [1.54, 1.807) is 6.92 Å². The van der Waals surface area contributed by atoms with E-state index in [9.17, 15) is 14.9 Å². The number of hydrazone groups is 1. The van der Waals surface area contributed by atoms with Gasteiger partial charge in [-0.05, 0) is 36.2 Å². The van der Waals surface area contributed by atoms with Crippen molar-refractivity contribution in [1.82, 2.24) is 15.0 Å². The minimum Gasteiger partial charge on any atom is -0.266 e. The van der Waals surface area contributed by atoms with E-state index in [0.29, 0.717) is 16.1 Å². The van der Waals surface area contributed by atoms with Gasteiger partial charge in [-0.15, -0.1) is 5.10 Å². The molecule has 2 aromatic rings. The minimum atomic E-state index is -0.484. The summed E-state index contributed by atoms with van der Waals surface area (Å²) in [5.41, 5.74) is 3.51. The Balaban J connectivity index is 1.98. The summed E-state index contributed by atoms with van der Waals surface area (Å²) in [5, 5.41) is 18.0. The number of carbonyl (C=O) groups is 1. The maximum absolute atomic E-state index is 11.7. The van der Waals surface area contributed by atoms with Crippen molar-refractivity contribution >= 4 is 29.3 Å². The number of nitro benzene ring substituents is 1. The molecule has 0 fully saturated rings. The summed E-state index contributed by atoms with van der Waals surface area (Å²) in [6, 6.07) is 5.79. The molecule has 0 spiro atoms. The Kier molecular flexibility index (Phi) is 4.11. The van der Waals surface area contributed by atoms with Crippen molar-refractivity contribution in [3.8, 4) is 0 Å². The molecule has 0 atom stereocenters. The molecule has 1 heterocycles. The second-order valence-electron chi connectivity index (χ2n) is 3.74. The van der Waals surface area contributed by atoms with E-state index in [0.717, 1.165) is 11.5 Å². The second kappa shape index (κ2) is 5.97. The van der Waals surface area contributed by atoms with Gasteiger partial charge in [0.2, 0.25) is 0 Å². The molecular formula is C11H9N5O3S. The Morgan fingerprint density at radius 2 is 2.15 bits per heavy atom. The van der Waals surface area contributed by atoms with Gasteiger partial charge in [0.15, 0.2) is 0 Å². The van der Waals surface area contributed by atoms with Gasteiger partial charge in [0, 0.05) is 12.1 Å². The number of aryl methyl sites for hydroxylation is 1. The van der Waals surface area contributed by atoms with Crippen LogP contribution in [0.25, 0.3) is 0 Å². The normalized spacial score (nSPS) is 10.7. The van der Waals surface area contributed by atoms with Crippen molar-refractivity contribution in [1.29, 1.82) is 0 Å². The van der Waals surface area contributed by atoms with E-state index in [1.165, 1.54) is 30.5 Å². The number of benzene rings is 1. The molecule has 1 aromatic carbocycles. The SMILES string of the molecule is Cc1nnsc1C(=O)N/N=C/c1ccc([N+](=O)[O-])cc1. The summed E-state index contributed by atoms with van der Waals surface area (Å²) in [4.78, 5) is 22.1. The van der Waals surface area contributed by atoms with Crippen LogP contribution >= 0.6 is 11.5 Å². The lowest BCUT2D eigenvalue weighted by Gasteiger charge is -1.96. The van der Waals surface area contributed by atoms with Crippen molar-refractivity contribution in [3.05, 3.63) is 50.5 Å². The first-order valence-corrected chi connectivity index (χ1v) is 6.22. The van der Waals surface area contributed by atoms with Crippen LogP contribution in [0.4, 0.5) is 5.69 Å². The van der Waals surface area contributed by atoms with Crippen LogP contribution < -0.4 is 5.43 Å². The number of hydrogen-bond acceptors (Lipinski definition) is 7. The largest absolute Gasteiger partial charge is 0.285 e. The fraction of sp³-hybridized carbons (Fsp3) is 0.0909. The van der Waals surface area contributed by atoms with Gasteiger partial charge in [-0.2, -0.15) is 5.10 Å². The molecule has 2 rings (SSSR count). The highest BCUT2D eigenvalue weighted by atomic mass is 32.1. The third kappa shape index (κ3) is 3.20. The van der Waals surface area contributed by atoms with E-state index in [-0.39, 0.29) is 5.69 Å². The summed E-state index contributed by atoms with van der Waals surface area (Å²) in [7, 11) is 0. The standard InChI is InChI=1S/C11H9N5O3S/c1-7-10(20-15-13-7)11(17)14-12-6-8-2-4-9(5-3-8)16(18)19/h2-6H,1H3,(H,14,17)/b12-6+. The van der Waals surface area contributed by atoms with Gasteiger partial charge < -0.3 is 0 Å². The second-order valence-corrected chi connectivity index (χ2v) is 4.49. The third-order valence-electron chi connectivity index (χ3n) is 2.34. The zero-order valence-corrected chi connectivity index (χ0v) is 11.1. The summed E-state index contributed by atoms with van der Waals surface area (Å²) < 4.78 is 3.65.